The number of amides is 1. The lowest BCUT2D eigenvalue weighted by atomic mass is 9.85. The highest BCUT2D eigenvalue weighted by molar-refractivity contribution is 9.10. The number of carbonyl (C=O) groups excluding carboxylic acids is 1. The van der Waals surface area contributed by atoms with E-state index in [-0.39, 0.29) is 17.9 Å². The smallest absolute Gasteiger partial charge is 0.223 e. The molecule has 5 heteroatoms. The third kappa shape index (κ3) is 5.64. The second kappa shape index (κ2) is 8.20. The number of nitrogens with one attached hydrogen (secondary N) is 1. The SMILES string of the molecule is CC(CNC(=O)C1CCCC(N)C1)Sc1ccc(Br)cc1. The zero-order chi connectivity index (χ0) is 15.2. The van der Waals surface area contributed by atoms with Gasteiger partial charge in [-0.3, -0.25) is 4.79 Å². The van der Waals surface area contributed by atoms with Crippen LogP contribution < -0.4 is 11.1 Å². The number of rotatable bonds is 5. The Morgan fingerprint density at radius 1 is 1.43 bits per heavy atom. The first kappa shape index (κ1) is 16.8. The first-order valence-corrected chi connectivity index (χ1v) is 9.17. The van der Waals surface area contributed by atoms with Crippen LogP contribution in [-0.2, 0) is 4.79 Å². The Bertz CT molecular complexity index is 466. The van der Waals surface area contributed by atoms with Crippen LogP contribution in [0.1, 0.15) is 32.6 Å². The molecule has 0 radical (unpaired) electrons. The number of hydrogen-bond acceptors (Lipinski definition) is 3. The third-order valence-electron chi connectivity index (χ3n) is 3.80. The van der Waals surface area contributed by atoms with E-state index in [0.29, 0.717) is 11.8 Å². The highest BCUT2D eigenvalue weighted by atomic mass is 79.9. The molecule has 3 atom stereocenters. The molecule has 1 aromatic carbocycles. The lowest BCUT2D eigenvalue weighted by Gasteiger charge is -2.26. The summed E-state index contributed by atoms with van der Waals surface area (Å²) in [5, 5.41) is 3.43. The Balaban J connectivity index is 1.74. The van der Waals surface area contributed by atoms with Gasteiger partial charge in [0.2, 0.25) is 5.91 Å². The minimum Gasteiger partial charge on any atom is -0.355 e. The van der Waals surface area contributed by atoms with Crippen LogP contribution in [0.2, 0.25) is 0 Å². The van der Waals surface area contributed by atoms with Gasteiger partial charge in [-0.2, -0.15) is 0 Å². The fourth-order valence-electron chi connectivity index (χ4n) is 2.64. The molecular weight excluding hydrogens is 348 g/mol. The van der Waals surface area contributed by atoms with Crippen LogP contribution in [0, 0.1) is 5.92 Å². The van der Waals surface area contributed by atoms with Crippen molar-refractivity contribution in [2.75, 3.05) is 6.54 Å². The van der Waals surface area contributed by atoms with E-state index < -0.39 is 0 Å². The molecule has 2 rings (SSSR count). The minimum absolute atomic E-state index is 0.110. The number of hydrogen-bond donors (Lipinski definition) is 2. The highest BCUT2D eigenvalue weighted by Gasteiger charge is 2.25. The maximum atomic E-state index is 12.2. The molecule has 0 bridgehead atoms. The molecular formula is C16H23BrN2OS. The molecule has 0 aliphatic heterocycles. The van der Waals surface area contributed by atoms with Crippen molar-refractivity contribution in [3.8, 4) is 0 Å². The standard InChI is InChI=1S/C16H23BrN2OS/c1-11(21-15-7-5-13(17)6-8-15)10-19-16(20)12-3-2-4-14(18)9-12/h5-8,11-12,14H,2-4,9-10,18H2,1H3,(H,19,20). The van der Waals surface area contributed by atoms with Crippen molar-refractivity contribution in [2.45, 2.75) is 48.8 Å². The zero-order valence-electron chi connectivity index (χ0n) is 12.3. The molecule has 3 nitrogen and oxygen atoms in total. The molecule has 1 aliphatic rings. The Morgan fingerprint density at radius 3 is 2.81 bits per heavy atom. The monoisotopic (exact) mass is 370 g/mol. The van der Waals surface area contributed by atoms with Crippen molar-refractivity contribution in [3.63, 3.8) is 0 Å². The quantitative estimate of drug-likeness (QED) is 0.779. The number of halogens is 1. The molecule has 3 unspecified atom stereocenters. The summed E-state index contributed by atoms with van der Waals surface area (Å²) in [6.45, 7) is 2.84. The van der Waals surface area contributed by atoms with Crippen LogP contribution in [0.3, 0.4) is 0 Å². The maximum absolute atomic E-state index is 12.2. The third-order valence-corrected chi connectivity index (χ3v) is 5.44. The molecule has 3 N–H and O–H groups in total. The van der Waals surface area contributed by atoms with E-state index in [9.17, 15) is 4.79 Å². The summed E-state index contributed by atoms with van der Waals surface area (Å²) < 4.78 is 1.08. The predicted octanol–water partition coefficient (Wildman–Crippen LogP) is 3.56. The molecule has 1 fully saturated rings. The van der Waals surface area contributed by atoms with E-state index in [1.165, 1.54) is 4.90 Å². The molecule has 0 saturated heterocycles. The summed E-state index contributed by atoms with van der Waals surface area (Å²) in [6, 6.07) is 8.46. The van der Waals surface area contributed by atoms with Gasteiger partial charge in [-0.05, 0) is 43.5 Å². The number of carbonyl (C=O) groups is 1. The van der Waals surface area contributed by atoms with Crippen LogP contribution in [0.15, 0.2) is 33.6 Å². The fraction of sp³-hybridized carbons (Fsp3) is 0.562. The average molecular weight is 371 g/mol. The van der Waals surface area contributed by atoms with Crippen LogP contribution in [0.4, 0.5) is 0 Å². The number of thioether (sulfide) groups is 1. The van der Waals surface area contributed by atoms with Crippen molar-refractivity contribution in [3.05, 3.63) is 28.7 Å². The molecule has 1 aromatic rings. The lowest BCUT2D eigenvalue weighted by molar-refractivity contribution is -0.126. The van der Waals surface area contributed by atoms with Gasteiger partial charge < -0.3 is 11.1 Å². The Labute approximate surface area is 139 Å². The molecule has 1 aliphatic carbocycles. The van der Waals surface area contributed by atoms with Gasteiger partial charge in [0.05, 0.1) is 0 Å². The first-order chi connectivity index (χ1) is 10.0. The van der Waals surface area contributed by atoms with Gasteiger partial charge in [-0.25, -0.2) is 0 Å². The second-order valence-corrected chi connectivity index (χ2v) is 8.18. The summed E-state index contributed by atoms with van der Waals surface area (Å²) in [6.07, 6.45) is 3.94. The van der Waals surface area contributed by atoms with Crippen LogP contribution in [-0.4, -0.2) is 23.7 Å². The van der Waals surface area contributed by atoms with E-state index in [1.54, 1.807) is 11.8 Å². The van der Waals surface area contributed by atoms with Gasteiger partial charge in [-0.1, -0.05) is 29.3 Å². The Hall–Kier alpha value is -0.520. The minimum atomic E-state index is 0.110. The summed E-state index contributed by atoms with van der Waals surface area (Å²) in [5.74, 6) is 0.284. The predicted molar refractivity (Wildman–Crippen MR) is 92.4 cm³/mol. The van der Waals surface area contributed by atoms with Crippen LogP contribution >= 0.6 is 27.7 Å². The molecule has 0 spiro atoms. The number of nitrogens with two attached hydrogens (primary N) is 1. The Morgan fingerprint density at radius 2 is 2.14 bits per heavy atom. The molecule has 1 saturated carbocycles. The van der Waals surface area contributed by atoms with Gasteiger partial charge in [0.25, 0.3) is 0 Å². The van der Waals surface area contributed by atoms with E-state index in [1.807, 2.05) is 12.1 Å². The van der Waals surface area contributed by atoms with E-state index in [4.69, 9.17) is 5.73 Å². The van der Waals surface area contributed by atoms with Crippen molar-refractivity contribution < 1.29 is 4.79 Å². The Kier molecular flexibility index (Phi) is 6.58. The van der Waals surface area contributed by atoms with E-state index >= 15 is 0 Å². The van der Waals surface area contributed by atoms with Crippen LogP contribution in [0.25, 0.3) is 0 Å². The lowest BCUT2D eigenvalue weighted by Crippen LogP contribution is -2.39. The molecule has 1 amide bonds. The van der Waals surface area contributed by atoms with E-state index in [0.717, 1.165) is 30.2 Å². The van der Waals surface area contributed by atoms with Crippen molar-refractivity contribution >= 4 is 33.6 Å². The summed E-state index contributed by atoms with van der Waals surface area (Å²) in [5.41, 5.74) is 5.95. The van der Waals surface area contributed by atoms with Crippen molar-refractivity contribution in [1.82, 2.24) is 5.32 Å². The largest absolute Gasteiger partial charge is 0.355 e. The first-order valence-electron chi connectivity index (χ1n) is 7.50. The van der Waals surface area contributed by atoms with Crippen molar-refractivity contribution in [2.24, 2.45) is 11.7 Å². The number of benzene rings is 1. The van der Waals surface area contributed by atoms with Gasteiger partial charge in [0, 0.05) is 33.1 Å². The van der Waals surface area contributed by atoms with Crippen molar-refractivity contribution in [1.29, 1.82) is 0 Å². The van der Waals surface area contributed by atoms with E-state index in [2.05, 4.69) is 40.3 Å². The molecule has 0 aromatic heterocycles. The summed E-state index contributed by atoms with van der Waals surface area (Å²) in [4.78, 5) is 13.4. The van der Waals surface area contributed by atoms with Gasteiger partial charge in [0.1, 0.15) is 0 Å². The summed E-state index contributed by atoms with van der Waals surface area (Å²) >= 11 is 5.22. The topological polar surface area (TPSA) is 55.1 Å². The zero-order valence-corrected chi connectivity index (χ0v) is 14.8. The fourth-order valence-corrected chi connectivity index (χ4v) is 3.83. The normalized spacial score (nSPS) is 23.6. The molecule has 116 valence electrons. The van der Waals surface area contributed by atoms with Gasteiger partial charge in [-0.15, -0.1) is 11.8 Å². The van der Waals surface area contributed by atoms with Crippen LogP contribution in [0.5, 0.6) is 0 Å². The average Bonchev–Trinajstić information content (AvgIpc) is 2.47. The maximum Gasteiger partial charge on any atom is 0.223 e. The molecule has 21 heavy (non-hydrogen) atoms. The second-order valence-electron chi connectivity index (χ2n) is 5.75. The summed E-state index contributed by atoms with van der Waals surface area (Å²) in [7, 11) is 0. The highest BCUT2D eigenvalue weighted by Crippen LogP contribution is 2.25. The van der Waals surface area contributed by atoms with Gasteiger partial charge >= 0.3 is 0 Å². The van der Waals surface area contributed by atoms with Gasteiger partial charge in [0.15, 0.2) is 0 Å². The molecule has 0 heterocycles.